The Morgan fingerprint density at radius 1 is 1.15 bits per heavy atom. The lowest BCUT2D eigenvalue weighted by Crippen LogP contribution is -2.17. The van der Waals surface area contributed by atoms with Crippen LogP contribution in [-0.2, 0) is 6.54 Å². The number of carboxylic acids is 1. The molecular weight excluding hydrogens is 443 g/mol. The molecule has 0 aliphatic carbocycles. The van der Waals surface area contributed by atoms with Gasteiger partial charge in [0.25, 0.3) is 5.56 Å². The van der Waals surface area contributed by atoms with E-state index in [9.17, 15) is 14.0 Å². The summed E-state index contributed by atoms with van der Waals surface area (Å²) < 4.78 is 22.4. The molecule has 0 saturated carbocycles. The van der Waals surface area contributed by atoms with Gasteiger partial charge in [-0.3, -0.25) is 14.5 Å². The molecule has 5 rings (SSSR count). The van der Waals surface area contributed by atoms with E-state index in [0.29, 0.717) is 22.4 Å². The van der Waals surface area contributed by atoms with Gasteiger partial charge >= 0.3 is 5.97 Å². The molecule has 170 valence electrons. The standard InChI is InChI=1S/C23H17FN6O4/c1-34-19-8-13(6-7-16(19)15-4-2-3-5-17(15)24)11-29-20-18(10-26-29)27-23(28-21(20)31)30-12-14(9-25-30)22(32)33/h2-10,12H,11H2,1H3,(H,32,33)(H,27,28,31). The number of carbonyl (C=O) groups is 1. The van der Waals surface area contributed by atoms with Crippen LogP contribution in [0.25, 0.3) is 28.1 Å². The minimum atomic E-state index is -1.14. The molecule has 0 aliphatic rings. The molecule has 0 amide bonds. The Morgan fingerprint density at radius 3 is 2.71 bits per heavy atom. The molecule has 2 aromatic carbocycles. The molecule has 0 unspecified atom stereocenters. The predicted octanol–water partition coefficient (Wildman–Crippen LogP) is 2.87. The number of hydrogen-bond acceptors (Lipinski definition) is 6. The van der Waals surface area contributed by atoms with Crippen molar-refractivity contribution in [2.75, 3.05) is 7.11 Å². The molecule has 0 saturated heterocycles. The van der Waals surface area contributed by atoms with Gasteiger partial charge in [-0.2, -0.15) is 10.2 Å². The van der Waals surface area contributed by atoms with Gasteiger partial charge in [0.15, 0.2) is 5.52 Å². The molecule has 11 heteroatoms. The molecule has 0 spiro atoms. The van der Waals surface area contributed by atoms with Gasteiger partial charge in [-0.05, 0) is 17.7 Å². The molecule has 2 N–H and O–H groups in total. The topological polar surface area (TPSA) is 128 Å². The summed E-state index contributed by atoms with van der Waals surface area (Å²) in [5.74, 6) is -0.937. The fourth-order valence-corrected chi connectivity index (χ4v) is 3.68. The Kier molecular flexibility index (Phi) is 5.13. The smallest absolute Gasteiger partial charge is 0.338 e. The summed E-state index contributed by atoms with van der Waals surface area (Å²) in [4.78, 5) is 30.8. The maximum Gasteiger partial charge on any atom is 0.338 e. The van der Waals surface area contributed by atoms with Gasteiger partial charge in [0.2, 0.25) is 5.95 Å². The summed E-state index contributed by atoms with van der Waals surface area (Å²) in [6.07, 6.45) is 3.86. The number of rotatable bonds is 6. The number of nitrogens with one attached hydrogen (secondary N) is 1. The number of aromatic nitrogens is 6. The normalized spacial score (nSPS) is 11.1. The van der Waals surface area contributed by atoms with Gasteiger partial charge in [0, 0.05) is 17.3 Å². The van der Waals surface area contributed by atoms with Crippen LogP contribution in [-0.4, -0.2) is 47.7 Å². The highest BCUT2D eigenvalue weighted by atomic mass is 19.1. The van der Waals surface area contributed by atoms with Crippen molar-refractivity contribution in [1.82, 2.24) is 29.5 Å². The number of halogens is 1. The van der Waals surface area contributed by atoms with E-state index in [1.807, 2.05) is 6.07 Å². The van der Waals surface area contributed by atoms with Crippen molar-refractivity contribution < 1.29 is 19.0 Å². The zero-order valence-corrected chi connectivity index (χ0v) is 17.8. The number of methoxy groups -OCH3 is 1. The minimum Gasteiger partial charge on any atom is -0.496 e. The highest BCUT2D eigenvalue weighted by Crippen LogP contribution is 2.32. The summed E-state index contributed by atoms with van der Waals surface area (Å²) in [6.45, 7) is 0.243. The number of aromatic carboxylic acids is 1. The summed E-state index contributed by atoms with van der Waals surface area (Å²) in [5, 5.41) is 17.3. The molecule has 0 radical (unpaired) electrons. The zero-order chi connectivity index (χ0) is 23.8. The third-order valence-corrected chi connectivity index (χ3v) is 5.30. The molecule has 0 bridgehead atoms. The molecule has 0 aliphatic heterocycles. The highest BCUT2D eigenvalue weighted by molar-refractivity contribution is 5.87. The van der Waals surface area contributed by atoms with Crippen molar-refractivity contribution in [1.29, 1.82) is 0 Å². The van der Waals surface area contributed by atoms with Crippen molar-refractivity contribution in [2.24, 2.45) is 0 Å². The first-order chi connectivity index (χ1) is 16.4. The first-order valence-corrected chi connectivity index (χ1v) is 10.1. The van der Waals surface area contributed by atoms with E-state index < -0.39 is 11.5 Å². The van der Waals surface area contributed by atoms with Gasteiger partial charge < -0.3 is 9.84 Å². The maximum atomic E-state index is 14.3. The Balaban J connectivity index is 1.49. The van der Waals surface area contributed by atoms with Crippen LogP contribution in [0.3, 0.4) is 0 Å². The molecule has 3 aromatic heterocycles. The Bertz CT molecular complexity index is 1600. The van der Waals surface area contributed by atoms with E-state index >= 15 is 0 Å². The SMILES string of the molecule is COc1cc(Cn2ncc3nc(-n4cc(C(=O)O)cn4)[nH]c(=O)c32)ccc1-c1ccccc1F. The molecule has 3 heterocycles. The molecule has 0 atom stereocenters. The number of fused-ring (bicyclic) bond motifs is 1. The average molecular weight is 460 g/mol. The van der Waals surface area contributed by atoms with Gasteiger partial charge in [-0.15, -0.1) is 0 Å². The second-order valence-corrected chi connectivity index (χ2v) is 7.42. The van der Waals surface area contributed by atoms with Crippen molar-refractivity contribution in [3.05, 3.63) is 88.4 Å². The predicted molar refractivity (Wildman–Crippen MR) is 120 cm³/mol. The van der Waals surface area contributed by atoms with Crippen LogP contribution in [0.2, 0.25) is 0 Å². The molecule has 10 nitrogen and oxygen atoms in total. The van der Waals surface area contributed by atoms with Crippen LogP contribution in [0.4, 0.5) is 4.39 Å². The summed E-state index contributed by atoms with van der Waals surface area (Å²) in [5.41, 5.74) is 1.88. The largest absolute Gasteiger partial charge is 0.496 e. The lowest BCUT2D eigenvalue weighted by atomic mass is 10.0. The van der Waals surface area contributed by atoms with E-state index in [0.717, 1.165) is 11.8 Å². The number of hydrogen-bond donors (Lipinski definition) is 2. The number of nitrogens with zero attached hydrogens (tertiary/aromatic N) is 5. The van der Waals surface area contributed by atoms with Crippen molar-refractivity contribution in [3.63, 3.8) is 0 Å². The number of H-pyrrole nitrogens is 1. The van der Waals surface area contributed by atoms with Crippen LogP contribution in [0, 0.1) is 5.82 Å². The second kappa shape index (κ2) is 8.28. The van der Waals surface area contributed by atoms with Gasteiger partial charge in [-0.1, -0.05) is 30.3 Å². The Morgan fingerprint density at radius 2 is 1.97 bits per heavy atom. The lowest BCUT2D eigenvalue weighted by Gasteiger charge is -2.12. The van der Waals surface area contributed by atoms with Gasteiger partial charge in [-0.25, -0.2) is 18.9 Å². The van der Waals surface area contributed by atoms with Gasteiger partial charge in [0.1, 0.15) is 17.1 Å². The lowest BCUT2D eigenvalue weighted by molar-refractivity contribution is 0.0697. The molecule has 34 heavy (non-hydrogen) atoms. The minimum absolute atomic E-state index is 0.0359. The highest BCUT2D eigenvalue weighted by Gasteiger charge is 2.16. The summed E-state index contributed by atoms with van der Waals surface area (Å²) in [6, 6.07) is 11.8. The third-order valence-electron chi connectivity index (χ3n) is 5.30. The van der Waals surface area contributed by atoms with Crippen LogP contribution in [0.1, 0.15) is 15.9 Å². The van der Waals surface area contributed by atoms with E-state index in [2.05, 4.69) is 20.2 Å². The summed E-state index contributed by atoms with van der Waals surface area (Å²) in [7, 11) is 1.51. The molecule has 5 aromatic rings. The zero-order valence-electron chi connectivity index (χ0n) is 17.8. The van der Waals surface area contributed by atoms with Crippen LogP contribution in [0.15, 0.2) is 65.8 Å². The fourth-order valence-electron chi connectivity index (χ4n) is 3.68. The fraction of sp³-hybridized carbons (Fsp3) is 0.0870. The van der Waals surface area contributed by atoms with E-state index in [-0.39, 0.29) is 29.4 Å². The number of carboxylic acid groups (broad SMARTS) is 1. The quantitative estimate of drug-likeness (QED) is 0.399. The number of ether oxygens (including phenoxy) is 1. The first-order valence-electron chi connectivity index (χ1n) is 10.1. The van der Waals surface area contributed by atoms with E-state index in [4.69, 9.17) is 9.84 Å². The third kappa shape index (κ3) is 3.68. The van der Waals surface area contributed by atoms with Crippen molar-refractivity contribution in [3.8, 4) is 22.8 Å². The van der Waals surface area contributed by atoms with Crippen LogP contribution >= 0.6 is 0 Å². The molecular formula is C23H17FN6O4. The van der Waals surface area contributed by atoms with E-state index in [1.54, 1.807) is 30.3 Å². The van der Waals surface area contributed by atoms with E-state index in [1.165, 1.54) is 34.9 Å². The molecule has 0 fully saturated rings. The Hall–Kier alpha value is -4.80. The average Bonchev–Trinajstić information content (AvgIpc) is 3.48. The monoisotopic (exact) mass is 460 g/mol. The van der Waals surface area contributed by atoms with Crippen LogP contribution < -0.4 is 10.3 Å². The number of aromatic amines is 1. The van der Waals surface area contributed by atoms with Crippen molar-refractivity contribution in [2.45, 2.75) is 6.54 Å². The second-order valence-electron chi connectivity index (χ2n) is 7.42. The van der Waals surface area contributed by atoms with Gasteiger partial charge in [0.05, 0.1) is 31.6 Å². The number of benzene rings is 2. The summed E-state index contributed by atoms with van der Waals surface area (Å²) >= 11 is 0. The maximum absolute atomic E-state index is 14.3. The first kappa shape index (κ1) is 21.1. The van der Waals surface area contributed by atoms with Crippen LogP contribution in [0.5, 0.6) is 5.75 Å². The van der Waals surface area contributed by atoms with Crippen molar-refractivity contribution >= 4 is 17.0 Å². The Labute approximate surface area is 190 Å².